The molecule has 0 fully saturated rings. The largest absolute Gasteiger partial charge is 0.296 e. The number of halogens is 1. The van der Waals surface area contributed by atoms with Crippen molar-refractivity contribution >= 4 is 22.6 Å². The van der Waals surface area contributed by atoms with Gasteiger partial charge in [-0.3, -0.25) is 4.57 Å². The molecule has 3 rings (SSSR count). The van der Waals surface area contributed by atoms with E-state index in [-0.39, 0.29) is 0 Å². The number of nitrogens with zero attached hydrogens (tertiary/aromatic N) is 2. The van der Waals surface area contributed by atoms with Crippen molar-refractivity contribution in [1.29, 1.82) is 0 Å². The molecule has 1 heterocycles. The Balaban J connectivity index is 2.24. The molecule has 0 aliphatic heterocycles. The summed E-state index contributed by atoms with van der Waals surface area (Å²) in [6, 6.07) is 16.8. The summed E-state index contributed by atoms with van der Waals surface area (Å²) in [4.78, 5) is 4.71. The lowest BCUT2D eigenvalue weighted by molar-refractivity contribution is 0.910. The Bertz CT molecular complexity index is 731. The highest BCUT2D eigenvalue weighted by atomic mass is 35.5. The van der Waals surface area contributed by atoms with Gasteiger partial charge in [-0.1, -0.05) is 31.2 Å². The second-order valence-corrected chi connectivity index (χ2v) is 5.19. The van der Waals surface area contributed by atoms with Crippen LogP contribution in [0.25, 0.3) is 16.7 Å². The van der Waals surface area contributed by atoms with E-state index in [1.807, 2.05) is 12.1 Å². The number of benzene rings is 2. The normalized spacial score (nSPS) is 11.1. The molecule has 0 bridgehead atoms. The minimum Gasteiger partial charge on any atom is -0.296 e. The van der Waals surface area contributed by atoms with Gasteiger partial charge in [0.25, 0.3) is 0 Å². The Labute approximate surface area is 124 Å². The van der Waals surface area contributed by atoms with Crippen LogP contribution >= 0.6 is 11.6 Å². The van der Waals surface area contributed by atoms with E-state index >= 15 is 0 Å². The Morgan fingerprint density at radius 1 is 1.10 bits per heavy atom. The van der Waals surface area contributed by atoms with Crippen molar-refractivity contribution in [1.82, 2.24) is 9.55 Å². The third-order valence-electron chi connectivity index (χ3n) is 3.53. The average molecular weight is 285 g/mol. The molecule has 0 atom stereocenters. The molecule has 0 saturated heterocycles. The first-order valence-electron chi connectivity index (χ1n) is 6.95. The van der Waals surface area contributed by atoms with Gasteiger partial charge < -0.3 is 0 Å². The van der Waals surface area contributed by atoms with Crippen LogP contribution in [0.3, 0.4) is 0 Å². The number of rotatable bonds is 4. The van der Waals surface area contributed by atoms with Crippen LogP contribution in [0.5, 0.6) is 0 Å². The number of para-hydroxylation sites is 2. The van der Waals surface area contributed by atoms with Crippen LogP contribution in [-0.4, -0.2) is 15.4 Å². The monoisotopic (exact) mass is 284 g/mol. The zero-order valence-electron chi connectivity index (χ0n) is 11.5. The van der Waals surface area contributed by atoms with Crippen LogP contribution in [-0.2, 0) is 12.8 Å². The minimum absolute atomic E-state index is 0.580. The van der Waals surface area contributed by atoms with E-state index in [0.717, 1.165) is 35.4 Å². The van der Waals surface area contributed by atoms with Gasteiger partial charge in [-0.2, -0.15) is 0 Å². The summed E-state index contributed by atoms with van der Waals surface area (Å²) in [5.74, 6) is 1.60. The Kier molecular flexibility index (Phi) is 3.75. The molecule has 20 heavy (non-hydrogen) atoms. The molecule has 0 aliphatic carbocycles. The van der Waals surface area contributed by atoms with Crippen LogP contribution in [0.15, 0.2) is 48.5 Å². The highest BCUT2D eigenvalue weighted by Gasteiger charge is 2.11. The molecular weight excluding hydrogens is 268 g/mol. The maximum atomic E-state index is 5.93. The summed E-state index contributed by atoms with van der Waals surface area (Å²) in [7, 11) is 0. The molecule has 0 radical (unpaired) electrons. The summed E-state index contributed by atoms with van der Waals surface area (Å²) in [5, 5.41) is 0. The predicted molar refractivity (Wildman–Crippen MR) is 84.9 cm³/mol. The van der Waals surface area contributed by atoms with Crippen LogP contribution < -0.4 is 0 Å². The first-order valence-corrected chi connectivity index (χ1v) is 7.48. The van der Waals surface area contributed by atoms with Gasteiger partial charge >= 0.3 is 0 Å². The van der Waals surface area contributed by atoms with Gasteiger partial charge in [-0.25, -0.2) is 4.98 Å². The van der Waals surface area contributed by atoms with Gasteiger partial charge in [0.05, 0.1) is 11.0 Å². The van der Waals surface area contributed by atoms with E-state index in [4.69, 9.17) is 16.6 Å². The van der Waals surface area contributed by atoms with Crippen molar-refractivity contribution in [2.45, 2.75) is 19.8 Å². The lowest BCUT2D eigenvalue weighted by Gasteiger charge is -2.10. The number of fused-ring (bicyclic) bond motifs is 1. The van der Waals surface area contributed by atoms with E-state index in [9.17, 15) is 0 Å². The summed E-state index contributed by atoms with van der Waals surface area (Å²) in [5.41, 5.74) is 4.66. The Hall–Kier alpha value is -1.80. The Morgan fingerprint density at radius 2 is 1.95 bits per heavy atom. The van der Waals surface area contributed by atoms with Crippen LogP contribution in [0.1, 0.15) is 18.3 Å². The predicted octanol–water partition coefficient (Wildman–Crippen LogP) is 4.37. The molecule has 1 aromatic heterocycles. The molecule has 102 valence electrons. The van der Waals surface area contributed by atoms with E-state index in [1.54, 1.807) is 0 Å². The lowest BCUT2D eigenvalue weighted by atomic mass is 10.1. The maximum Gasteiger partial charge on any atom is 0.115 e. The highest BCUT2D eigenvalue weighted by molar-refractivity contribution is 6.17. The lowest BCUT2D eigenvalue weighted by Crippen LogP contribution is -2.02. The van der Waals surface area contributed by atoms with Crippen molar-refractivity contribution in [2.24, 2.45) is 0 Å². The summed E-state index contributed by atoms with van der Waals surface area (Å²) in [6.07, 6.45) is 1.80. The van der Waals surface area contributed by atoms with Crippen molar-refractivity contribution in [3.63, 3.8) is 0 Å². The van der Waals surface area contributed by atoms with Crippen molar-refractivity contribution in [2.75, 3.05) is 5.88 Å². The molecule has 3 heteroatoms. The minimum atomic E-state index is 0.580. The van der Waals surface area contributed by atoms with Gasteiger partial charge in [0, 0.05) is 18.0 Å². The van der Waals surface area contributed by atoms with E-state index in [0.29, 0.717) is 5.88 Å². The zero-order chi connectivity index (χ0) is 13.9. The van der Waals surface area contributed by atoms with Gasteiger partial charge in [0.2, 0.25) is 0 Å². The molecule has 3 aromatic rings. The fourth-order valence-electron chi connectivity index (χ4n) is 2.53. The number of alkyl halides is 1. The van der Waals surface area contributed by atoms with Gasteiger partial charge in [-0.05, 0) is 36.2 Å². The molecule has 0 spiro atoms. The highest BCUT2D eigenvalue weighted by Crippen LogP contribution is 2.22. The molecule has 0 amide bonds. The van der Waals surface area contributed by atoms with Crippen LogP contribution in [0.2, 0.25) is 0 Å². The fraction of sp³-hybridized carbons (Fsp3) is 0.235. The average Bonchev–Trinajstić information content (AvgIpc) is 2.85. The number of aromatic nitrogens is 2. The third kappa shape index (κ3) is 2.32. The molecule has 0 saturated carbocycles. The topological polar surface area (TPSA) is 17.8 Å². The van der Waals surface area contributed by atoms with Crippen molar-refractivity contribution in [3.8, 4) is 5.69 Å². The Morgan fingerprint density at radius 3 is 2.75 bits per heavy atom. The second kappa shape index (κ2) is 5.68. The van der Waals surface area contributed by atoms with E-state index < -0.39 is 0 Å². The molecule has 0 N–H and O–H groups in total. The van der Waals surface area contributed by atoms with Crippen molar-refractivity contribution in [3.05, 3.63) is 59.9 Å². The zero-order valence-corrected chi connectivity index (χ0v) is 12.3. The fourth-order valence-corrected chi connectivity index (χ4v) is 2.70. The van der Waals surface area contributed by atoms with Crippen molar-refractivity contribution < 1.29 is 0 Å². The maximum absolute atomic E-state index is 5.93. The van der Waals surface area contributed by atoms with Gasteiger partial charge in [0.15, 0.2) is 0 Å². The molecule has 2 aromatic carbocycles. The van der Waals surface area contributed by atoms with E-state index in [2.05, 4.69) is 47.9 Å². The summed E-state index contributed by atoms with van der Waals surface area (Å²) >= 11 is 5.93. The second-order valence-electron chi connectivity index (χ2n) is 4.81. The third-order valence-corrected chi connectivity index (χ3v) is 3.71. The molecule has 0 aliphatic rings. The first-order chi connectivity index (χ1) is 9.83. The first kappa shape index (κ1) is 13.2. The van der Waals surface area contributed by atoms with Crippen LogP contribution in [0.4, 0.5) is 0 Å². The number of hydrogen-bond acceptors (Lipinski definition) is 1. The van der Waals surface area contributed by atoms with Gasteiger partial charge in [0.1, 0.15) is 5.82 Å². The standard InChI is InChI=1S/C17H17ClN2/c1-2-13-6-5-7-14(12-13)20-16-9-4-3-8-15(16)19-17(20)10-11-18/h3-9,12H,2,10-11H2,1H3. The number of imidazole rings is 1. The molecular formula is C17H17ClN2. The molecule has 0 unspecified atom stereocenters. The quantitative estimate of drug-likeness (QED) is 0.651. The number of hydrogen-bond donors (Lipinski definition) is 0. The number of aryl methyl sites for hydroxylation is 2. The van der Waals surface area contributed by atoms with Crippen LogP contribution in [0, 0.1) is 0 Å². The van der Waals surface area contributed by atoms with Gasteiger partial charge in [-0.15, -0.1) is 11.6 Å². The SMILES string of the molecule is CCc1cccc(-n2c(CCCl)nc3ccccc32)c1. The smallest absolute Gasteiger partial charge is 0.115 e. The summed E-state index contributed by atoms with van der Waals surface area (Å²) < 4.78 is 2.22. The molecule has 2 nitrogen and oxygen atoms in total. The van der Waals surface area contributed by atoms with E-state index in [1.165, 1.54) is 5.56 Å². The summed E-state index contributed by atoms with van der Waals surface area (Å²) in [6.45, 7) is 2.17.